The molecule has 0 amide bonds. The Labute approximate surface area is 152 Å². The average Bonchev–Trinajstić information content (AvgIpc) is 2.59. The Bertz CT molecular complexity index is 493. The Balaban J connectivity index is 3.66. The summed E-state index contributed by atoms with van der Waals surface area (Å²) < 4.78 is 0. The van der Waals surface area contributed by atoms with E-state index in [0.717, 1.165) is 32.1 Å². The summed E-state index contributed by atoms with van der Waals surface area (Å²) in [5.41, 5.74) is 0. The van der Waals surface area contributed by atoms with Gasteiger partial charge < -0.3 is 10.2 Å². The summed E-state index contributed by atoms with van der Waals surface area (Å²) in [5, 5.41) is 18.0. The van der Waals surface area contributed by atoms with Gasteiger partial charge in [-0.05, 0) is 38.5 Å². The second-order valence-corrected chi connectivity index (χ2v) is 5.55. The van der Waals surface area contributed by atoms with E-state index in [1.54, 1.807) is 12.2 Å². The van der Waals surface area contributed by atoms with E-state index < -0.39 is 12.1 Å². The van der Waals surface area contributed by atoms with Gasteiger partial charge in [-0.15, -0.1) is 0 Å². The molecule has 0 rings (SSSR count). The summed E-state index contributed by atoms with van der Waals surface area (Å²) in [4.78, 5) is 10.4. The molecule has 0 aromatic carbocycles. The number of allylic oxidation sites excluding steroid dienone is 11. The lowest BCUT2D eigenvalue weighted by atomic mass is 10.2. The van der Waals surface area contributed by atoms with Crippen LogP contribution in [-0.4, -0.2) is 22.3 Å². The van der Waals surface area contributed by atoms with Crippen LogP contribution in [0.5, 0.6) is 0 Å². The molecule has 3 heteroatoms. The minimum absolute atomic E-state index is 0.0167. The number of aliphatic hydroxyl groups is 1. The molecule has 0 aromatic heterocycles. The van der Waals surface area contributed by atoms with Crippen molar-refractivity contribution < 1.29 is 15.0 Å². The summed E-state index contributed by atoms with van der Waals surface area (Å²) in [6, 6.07) is 0. The van der Waals surface area contributed by atoms with Crippen molar-refractivity contribution >= 4 is 5.97 Å². The fourth-order valence-electron chi connectivity index (χ4n) is 1.87. The number of aliphatic hydroxyl groups excluding tert-OH is 1. The fraction of sp³-hybridized carbons (Fsp3) is 0.409. The first kappa shape index (κ1) is 22.9. The van der Waals surface area contributed by atoms with Crippen LogP contribution in [0.1, 0.15) is 51.9 Å². The minimum Gasteiger partial charge on any atom is -0.481 e. The normalized spacial score (nSPS) is 14.3. The maximum Gasteiger partial charge on any atom is 0.303 e. The fourth-order valence-corrected chi connectivity index (χ4v) is 1.87. The number of hydrogen-bond acceptors (Lipinski definition) is 2. The first-order chi connectivity index (χ1) is 12.2. The van der Waals surface area contributed by atoms with Crippen LogP contribution in [0, 0.1) is 0 Å². The summed E-state index contributed by atoms with van der Waals surface area (Å²) in [6.45, 7) is 2.14. The van der Waals surface area contributed by atoms with Gasteiger partial charge in [0.2, 0.25) is 0 Å². The lowest BCUT2D eigenvalue weighted by molar-refractivity contribution is -0.137. The summed E-state index contributed by atoms with van der Waals surface area (Å²) in [7, 11) is 0. The molecular weight excluding hydrogens is 312 g/mol. The van der Waals surface area contributed by atoms with E-state index in [-0.39, 0.29) is 12.8 Å². The highest BCUT2D eigenvalue weighted by atomic mass is 16.4. The van der Waals surface area contributed by atoms with Gasteiger partial charge in [-0.25, -0.2) is 0 Å². The van der Waals surface area contributed by atoms with Crippen LogP contribution in [0.2, 0.25) is 0 Å². The van der Waals surface area contributed by atoms with Gasteiger partial charge in [0.25, 0.3) is 0 Å². The molecule has 0 bridgehead atoms. The molecule has 3 nitrogen and oxygen atoms in total. The van der Waals surface area contributed by atoms with Crippen molar-refractivity contribution in [3.63, 3.8) is 0 Å². The maximum absolute atomic E-state index is 10.4. The Morgan fingerprint density at radius 2 is 1.28 bits per heavy atom. The number of hydrogen-bond donors (Lipinski definition) is 2. The third-order valence-corrected chi connectivity index (χ3v) is 3.23. The quantitative estimate of drug-likeness (QED) is 0.322. The number of carboxylic acids is 1. The smallest absolute Gasteiger partial charge is 0.303 e. The van der Waals surface area contributed by atoms with Gasteiger partial charge in [-0.1, -0.05) is 79.8 Å². The molecule has 1 atom stereocenters. The minimum atomic E-state index is -0.887. The Morgan fingerprint density at radius 1 is 0.800 bits per heavy atom. The molecule has 0 aliphatic rings. The Hall–Kier alpha value is -2.13. The van der Waals surface area contributed by atoms with Crippen LogP contribution in [0.4, 0.5) is 0 Å². The van der Waals surface area contributed by atoms with Gasteiger partial charge in [0, 0.05) is 6.42 Å². The van der Waals surface area contributed by atoms with E-state index in [9.17, 15) is 9.90 Å². The molecule has 25 heavy (non-hydrogen) atoms. The third kappa shape index (κ3) is 19.8. The van der Waals surface area contributed by atoms with Crippen molar-refractivity contribution in [2.45, 2.75) is 58.0 Å². The van der Waals surface area contributed by atoms with Crippen molar-refractivity contribution in [3.05, 3.63) is 72.9 Å². The highest BCUT2D eigenvalue weighted by molar-refractivity contribution is 5.66. The van der Waals surface area contributed by atoms with Crippen LogP contribution >= 0.6 is 0 Å². The van der Waals surface area contributed by atoms with Crippen molar-refractivity contribution in [1.82, 2.24) is 0 Å². The largest absolute Gasteiger partial charge is 0.481 e. The second kappa shape index (κ2) is 18.2. The molecule has 0 fully saturated rings. The molecule has 0 aliphatic heterocycles. The van der Waals surface area contributed by atoms with Crippen LogP contribution < -0.4 is 0 Å². The number of aliphatic carboxylic acids is 1. The third-order valence-electron chi connectivity index (χ3n) is 3.23. The van der Waals surface area contributed by atoms with Gasteiger partial charge in [0.1, 0.15) is 0 Å². The Morgan fingerprint density at radius 3 is 1.76 bits per heavy atom. The molecule has 2 N–H and O–H groups in total. The van der Waals surface area contributed by atoms with Crippen molar-refractivity contribution in [3.8, 4) is 0 Å². The second-order valence-electron chi connectivity index (χ2n) is 5.55. The molecule has 0 aromatic rings. The Kier molecular flexibility index (Phi) is 16.7. The van der Waals surface area contributed by atoms with Crippen LogP contribution in [-0.2, 0) is 4.79 Å². The summed E-state index contributed by atoms with van der Waals surface area (Å²) in [6.07, 6.45) is 28.9. The summed E-state index contributed by atoms with van der Waals surface area (Å²) in [5.74, 6) is -0.887. The predicted octanol–water partition coefficient (Wildman–Crippen LogP) is 5.52. The molecule has 1 unspecified atom stereocenters. The van der Waals surface area contributed by atoms with Crippen LogP contribution in [0.25, 0.3) is 0 Å². The van der Waals surface area contributed by atoms with Crippen LogP contribution in [0.3, 0.4) is 0 Å². The molecule has 0 saturated carbocycles. The molecule has 0 saturated heterocycles. The van der Waals surface area contributed by atoms with E-state index in [1.807, 2.05) is 12.2 Å². The van der Waals surface area contributed by atoms with Crippen molar-refractivity contribution in [2.24, 2.45) is 0 Å². The molecule has 0 spiro atoms. The van der Waals surface area contributed by atoms with E-state index >= 15 is 0 Å². The predicted molar refractivity (Wildman–Crippen MR) is 106 cm³/mol. The molecule has 0 aliphatic carbocycles. The van der Waals surface area contributed by atoms with E-state index in [1.165, 1.54) is 0 Å². The maximum atomic E-state index is 10.4. The lowest BCUT2D eigenvalue weighted by Gasteiger charge is -2.00. The zero-order chi connectivity index (χ0) is 18.6. The zero-order valence-electron chi connectivity index (χ0n) is 15.3. The standard InChI is InChI=1S/C22H32O3/c1-2-3-4-5-6-7-8-9-10-11-12-13-14-15-16-17-18-21(23)19-20-22(24)25/h3-4,6-7,9-10,12-13,15-18,21,23H,2,5,8,11,14,19-20H2,1H3,(H,24,25)/b4-3-,7-6-,10-9-,13-12-,16-15-,18-17+. The van der Waals surface area contributed by atoms with Gasteiger partial charge in [0.15, 0.2) is 0 Å². The lowest BCUT2D eigenvalue weighted by Crippen LogP contribution is -2.05. The van der Waals surface area contributed by atoms with Gasteiger partial charge >= 0.3 is 5.97 Å². The number of carbonyl (C=O) groups is 1. The molecular formula is C22H32O3. The molecule has 138 valence electrons. The van der Waals surface area contributed by atoms with E-state index in [4.69, 9.17) is 5.11 Å². The van der Waals surface area contributed by atoms with Crippen LogP contribution in [0.15, 0.2) is 72.9 Å². The highest BCUT2D eigenvalue weighted by Crippen LogP contribution is 1.99. The monoisotopic (exact) mass is 344 g/mol. The first-order valence-electron chi connectivity index (χ1n) is 9.00. The van der Waals surface area contributed by atoms with E-state index in [0.29, 0.717) is 0 Å². The number of rotatable bonds is 14. The average molecular weight is 344 g/mol. The topological polar surface area (TPSA) is 57.5 Å². The van der Waals surface area contributed by atoms with Gasteiger partial charge in [-0.2, -0.15) is 0 Å². The SMILES string of the molecule is CC/C=C\C/C=C\C/C=C\C/C=C\C/C=C\C=C\C(O)CCC(=O)O. The van der Waals surface area contributed by atoms with Gasteiger partial charge in [-0.3, -0.25) is 4.79 Å². The van der Waals surface area contributed by atoms with Gasteiger partial charge in [0.05, 0.1) is 6.10 Å². The van der Waals surface area contributed by atoms with Crippen molar-refractivity contribution in [2.75, 3.05) is 0 Å². The first-order valence-corrected chi connectivity index (χ1v) is 9.00. The van der Waals surface area contributed by atoms with E-state index in [2.05, 4.69) is 55.5 Å². The molecule has 0 heterocycles. The zero-order valence-corrected chi connectivity index (χ0v) is 15.3. The summed E-state index contributed by atoms with van der Waals surface area (Å²) >= 11 is 0. The highest BCUT2D eigenvalue weighted by Gasteiger charge is 2.02. The molecule has 0 radical (unpaired) electrons. The van der Waals surface area contributed by atoms with Crippen molar-refractivity contribution in [1.29, 1.82) is 0 Å². The number of carboxylic acid groups (broad SMARTS) is 1.